The molecular formula is C15H19NO. The van der Waals surface area contributed by atoms with Crippen molar-refractivity contribution in [2.75, 3.05) is 0 Å². The third-order valence-electron chi connectivity index (χ3n) is 4.00. The molecule has 2 N–H and O–H groups in total. The van der Waals surface area contributed by atoms with E-state index in [0.29, 0.717) is 5.92 Å². The monoisotopic (exact) mass is 229 g/mol. The molecular weight excluding hydrogens is 210 g/mol. The summed E-state index contributed by atoms with van der Waals surface area (Å²) in [5.74, 6) is 1.57. The predicted octanol–water partition coefficient (Wildman–Crippen LogP) is 3.93. The molecule has 1 atom stereocenters. The van der Waals surface area contributed by atoms with E-state index >= 15 is 0 Å². The van der Waals surface area contributed by atoms with Gasteiger partial charge >= 0.3 is 0 Å². The fourth-order valence-corrected chi connectivity index (χ4v) is 2.94. The Hall–Kier alpha value is -1.28. The molecule has 2 nitrogen and oxygen atoms in total. The minimum Gasteiger partial charge on any atom is -0.459 e. The van der Waals surface area contributed by atoms with Gasteiger partial charge in [-0.05, 0) is 37.3 Å². The minimum atomic E-state index is 0.0734. The molecule has 1 aliphatic carbocycles. The molecule has 0 saturated heterocycles. The summed E-state index contributed by atoms with van der Waals surface area (Å²) in [6.07, 6.45) is 5.13. The highest BCUT2D eigenvalue weighted by Gasteiger charge is 2.25. The van der Waals surface area contributed by atoms with Crippen molar-refractivity contribution >= 4 is 11.0 Å². The molecule has 2 aromatic rings. The van der Waals surface area contributed by atoms with E-state index < -0.39 is 0 Å². The van der Waals surface area contributed by atoms with Gasteiger partial charge in [0.1, 0.15) is 11.3 Å². The fourth-order valence-electron chi connectivity index (χ4n) is 2.94. The first-order valence-corrected chi connectivity index (χ1v) is 6.50. The summed E-state index contributed by atoms with van der Waals surface area (Å²) < 4.78 is 5.95. The number of aryl methyl sites for hydroxylation is 1. The lowest BCUT2D eigenvalue weighted by Gasteiger charge is -2.15. The second-order valence-electron chi connectivity index (χ2n) is 5.21. The number of rotatable bonds is 2. The van der Waals surface area contributed by atoms with Crippen LogP contribution in [0.4, 0.5) is 0 Å². The summed E-state index contributed by atoms with van der Waals surface area (Å²) in [6.45, 7) is 2.08. The molecule has 1 aromatic heterocycles. The molecule has 1 aromatic carbocycles. The third-order valence-corrected chi connectivity index (χ3v) is 4.00. The molecule has 0 bridgehead atoms. The maximum absolute atomic E-state index is 6.32. The van der Waals surface area contributed by atoms with E-state index in [2.05, 4.69) is 31.2 Å². The molecule has 1 unspecified atom stereocenters. The molecule has 1 saturated carbocycles. The van der Waals surface area contributed by atoms with Crippen LogP contribution in [0.2, 0.25) is 0 Å². The third kappa shape index (κ3) is 1.87. The van der Waals surface area contributed by atoms with Crippen LogP contribution in [0.1, 0.15) is 43.0 Å². The van der Waals surface area contributed by atoms with E-state index in [0.717, 1.165) is 11.3 Å². The molecule has 1 aliphatic rings. The lowest BCUT2D eigenvalue weighted by molar-refractivity contribution is 0.380. The summed E-state index contributed by atoms with van der Waals surface area (Å²) in [7, 11) is 0. The number of nitrogens with two attached hydrogens (primary N) is 1. The second-order valence-corrected chi connectivity index (χ2v) is 5.21. The van der Waals surface area contributed by atoms with Crippen LogP contribution < -0.4 is 5.73 Å². The minimum absolute atomic E-state index is 0.0734. The van der Waals surface area contributed by atoms with E-state index in [1.54, 1.807) is 0 Å². The van der Waals surface area contributed by atoms with Crippen LogP contribution in [-0.2, 0) is 0 Å². The Morgan fingerprint density at radius 1 is 1.29 bits per heavy atom. The van der Waals surface area contributed by atoms with Gasteiger partial charge in [-0.15, -0.1) is 0 Å². The first-order valence-electron chi connectivity index (χ1n) is 6.50. The van der Waals surface area contributed by atoms with Gasteiger partial charge in [0.2, 0.25) is 0 Å². The molecule has 1 fully saturated rings. The van der Waals surface area contributed by atoms with E-state index in [1.807, 2.05) is 0 Å². The van der Waals surface area contributed by atoms with Gasteiger partial charge in [0.15, 0.2) is 0 Å². The number of furan rings is 1. The maximum atomic E-state index is 6.32. The highest BCUT2D eigenvalue weighted by molar-refractivity contribution is 5.81. The molecule has 0 amide bonds. The zero-order valence-corrected chi connectivity index (χ0v) is 10.3. The molecule has 0 spiro atoms. The molecule has 0 radical (unpaired) electrons. The highest BCUT2D eigenvalue weighted by Crippen LogP contribution is 2.36. The van der Waals surface area contributed by atoms with Crippen LogP contribution in [-0.4, -0.2) is 0 Å². The number of hydrogen-bond acceptors (Lipinski definition) is 2. The van der Waals surface area contributed by atoms with Gasteiger partial charge in [0.05, 0.1) is 6.04 Å². The second kappa shape index (κ2) is 4.19. The van der Waals surface area contributed by atoms with Gasteiger partial charge in [-0.1, -0.05) is 31.0 Å². The molecule has 2 heteroatoms. The Kier molecular flexibility index (Phi) is 2.67. The van der Waals surface area contributed by atoms with Crippen LogP contribution >= 0.6 is 0 Å². The maximum Gasteiger partial charge on any atom is 0.137 e. The standard InChI is InChI=1S/C15H19NO/c1-10-5-4-8-12-9-13(17-15(10)12)14(16)11-6-2-3-7-11/h4-5,8-9,11,14H,2-3,6-7,16H2,1H3. The lowest BCUT2D eigenvalue weighted by Crippen LogP contribution is -2.18. The first kappa shape index (κ1) is 10.8. The van der Waals surface area contributed by atoms with Crippen LogP contribution in [0.15, 0.2) is 28.7 Å². The van der Waals surface area contributed by atoms with Crippen molar-refractivity contribution in [2.45, 2.75) is 38.6 Å². The average molecular weight is 229 g/mol. The molecule has 3 rings (SSSR count). The van der Waals surface area contributed by atoms with Crippen molar-refractivity contribution in [1.82, 2.24) is 0 Å². The average Bonchev–Trinajstić information content (AvgIpc) is 2.98. The van der Waals surface area contributed by atoms with E-state index in [1.165, 1.54) is 36.6 Å². The lowest BCUT2D eigenvalue weighted by atomic mass is 9.97. The van der Waals surface area contributed by atoms with Crippen LogP contribution in [0.3, 0.4) is 0 Å². The van der Waals surface area contributed by atoms with E-state index in [-0.39, 0.29) is 6.04 Å². The van der Waals surface area contributed by atoms with E-state index in [9.17, 15) is 0 Å². The number of para-hydroxylation sites is 1. The smallest absolute Gasteiger partial charge is 0.137 e. The van der Waals surface area contributed by atoms with Crippen LogP contribution in [0.25, 0.3) is 11.0 Å². The molecule has 17 heavy (non-hydrogen) atoms. The Balaban J connectivity index is 1.97. The Morgan fingerprint density at radius 3 is 2.76 bits per heavy atom. The number of hydrogen-bond donors (Lipinski definition) is 1. The Morgan fingerprint density at radius 2 is 2.06 bits per heavy atom. The SMILES string of the molecule is Cc1cccc2cc(C(N)C3CCCC3)oc12. The first-order chi connectivity index (χ1) is 8.25. The van der Waals surface area contributed by atoms with Gasteiger partial charge in [-0.3, -0.25) is 0 Å². The van der Waals surface area contributed by atoms with Crippen molar-refractivity contribution in [1.29, 1.82) is 0 Å². The zero-order valence-electron chi connectivity index (χ0n) is 10.3. The van der Waals surface area contributed by atoms with Crippen molar-refractivity contribution in [3.63, 3.8) is 0 Å². The number of benzene rings is 1. The molecule has 1 heterocycles. The van der Waals surface area contributed by atoms with Gasteiger partial charge in [0.25, 0.3) is 0 Å². The van der Waals surface area contributed by atoms with Crippen LogP contribution in [0.5, 0.6) is 0 Å². The van der Waals surface area contributed by atoms with Gasteiger partial charge < -0.3 is 10.2 Å². The Bertz CT molecular complexity index is 523. The topological polar surface area (TPSA) is 39.2 Å². The Labute approximate surface area is 102 Å². The van der Waals surface area contributed by atoms with E-state index in [4.69, 9.17) is 10.2 Å². The predicted molar refractivity (Wildman–Crippen MR) is 69.8 cm³/mol. The van der Waals surface area contributed by atoms with Crippen molar-refractivity contribution < 1.29 is 4.42 Å². The van der Waals surface area contributed by atoms with Gasteiger partial charge in [-0.2, -0.15) is 0 Å². The summed E-state index contributed by atoms with van der Waals surface area (Å²) in [5, 5.41) is 1.17. The highest BCUT2D eigenvalue weighted by atomic mass is 16.3. The summed E-state index contributed by atoms with van der Waals surface area (Å²) in [4.78, 5) is 0. The zero-order chi connectivity index (χ0) is 11.8. The summed E-state index contributed by atoms with van der Waals surface area (Å²) in [6, 6.07) is 8.43. The summed E-state index contributed by atoms with van der Waals surface area (Å²) >= 11 is 0. The largest absolute Gasteiger partial charge is 0.459 e. The number of fused-ring (bicyclic) bond motifs is 1. The molecule has 0 aliphatic heterocycles. The van der Waals surface area contributed by atoms with Crippen LogP contribution in [0, 0.1) is 12.8 Å². The molecule has 90 valence electrons. The van der Waals surface area contributed by atoms with Crippen molar-refractivity contribution in [2.24, 2.45) is 11.7 Å². The van der Waals surface area contributed by atoms with Crippen molar-refractivity contribution in [3.05, 3.63) is 35.6 Å². The summed E-state index contributed by atoms with van der Waals surface area (Å²) in [5.41, 5.74) is 8.50. The fraction of sp³-hybridized carbons (Fsp3) is 0.467. The van der Waals surface area contributed by atoms with Crippen molar-refractivity contribution in [3.8, 4) is 0 Å². The van der Waals surface area contributed by atoms with Gasteiger partial charge in [-0.25, -0.2) is 0 Å². The quantitative estimate of drug-likeness (QED) is 0.847. The van der Waals surface area contributed by atoms with Gasteiger partial charge in [0, 0.05) is 5.39 Å². The normalized spacial score (nSPS) is 18.9.